The van der Waals surface area contributed by atoms with Gasteiger partial charge in [-0.1, -0.05) is 67.4 Å². The second-order valence-corrected chi connectivity index (χ2v) is 10.2. The van der Waals surface area contributed by atoms with Gasteiger partial charge in [-0.3, -0.25) is 0 Å². The van der Waals surface area contributed by atoms with E-state index in [0.717, 1.165) is 65.0 Å². The Morgan fingerprint density at radius 1 is 1.03 bits per heavy atom. The molecule has 0 atom stereocenters. The van der Waals surface area contributed by atoms with Crippen molar-refractivity contribution >= 4 is 40.0 Å². The molecule has 0 spiro atoms. The lowest BCUT2D eigenvalue weighted by atomic mass is 10.0. The topological polar surface area (TPSA) is 43.1 Å². The normalized spacial score (nSPS) is 12.8. The van der Waals surface area contributed by atoms with Gasteiger partial charge in [0.2, 0.25) is 0 Å². The van der Waals surface area contributed by atoms with Gasteiger partial charge in [0.05, 0.1) is 9.76 Å². The fourth-order valence-electron chi connectivity index (χ4n) is 3.10. The summed E-state index contributed by atoms with van der Waals surface area (Å²) in [7, 11) is 0. The molecule has 0 unspecified atom stereocenters. The molecule has 0 saturated heterocycles. The van der Waals surface area contributed by atoms with Crippen LogP contribution in [-0.2, 0) is 11.0 Å². The smallest absolute Gasteiger partial charge is 0.330 e. The van der Waals surface area contributed by atoms with Crippen molar-refractivity contribution in [2.75, 3.05) is 6.54 Å². The van der Waals surface area contributed by atoms with Crippen molar-refractivity contribution in [3.8, 4) is 0 Å². The van der Waals surface area contributed by atoms with Gasteiger partial charge < -0.3 is 10.5 Å². The number of carbonyl (C=O) groups is 1. The third-order valence-corrected chi connectivity index (χ3v) is 6.18. The number of halogens is 4. The number of thiocarbonyl (C=S) groups is 1. The molecule has 1 aromatic carbocycles. The zero-order valence-corrected chi connectivity index (χ0v) is 22.6. The Hall–Kier alpha value is -1.77. The Labute approximate surface area is 217 Å². The first-order chi connectivity index (χ1) is 16.5. The maximum atomic E-state index is 14.0. The molecule has 0 heterocycles. The third kappa shape index (κ3) is 15.8. The van der Waals surface area contributed by atoms with Crippen molar-refractivity contribution in [1.82, 2.24) is 0 Å². The first-order valence-corrected chi connectivity index (χ1v) is 12.9. The number of rotatable bonds is 12. The number of hydrogen-bond acceptors (Lipinski definition) is 4. The molecule has 8 heteroatoms. The number of carbonyl (C=O) groups excluding carboxylic acids is 1. The molecular weight excluding hydrogens is 494 g/mol. The fraction of sp³-hybridized carbons (Fsp3) is 0.481. The van der Waals surface area contributed by atoms with Gasteiger partial charge in [-0.05, 0) is 88.3 Å². The molecule has 1 aromatic rings. The van der Waals surface area contributed by atoms with Gasteiger partial charge in [-0.2, -0.15) is 13.2 Å². The predicted molar refractivity (Wildman–Crippen MR) is 146 cm³/mol. The summed E-state index contributed by atoms with van der Waals surface area (Å²) in [4.78, 5) is 9.85. The molecule has 0 aliphatic carbocycles. The van der Waals surface area contributed by atoms with E-state index in [2.05, 4.69) is 0 Å². The highest BCUT2D eigenvalue weighted by Gasteiger charge is 2.31. The highest BCUT2D eigenvalue weighted by Crippen LogP contribution is 2.32. The highest BCUT2D eigenvalue weighted by molar-refractivity contribution is 8.25. The summed E-state index contributed by atoms with van der Waals surface area (Å²) in [5, 5.41) is 0. The molecule has 35 heavy (non-hydrogen) atoms. The highest BCUT2D eigenvalue weighted by atomic mass is 32.2. The third-order valence-electron chi connectivity index (χ3n) is 4.86. The van der Waals surface area contributed by atoms with Crippen LogP contribution in [0.15, 0.2) is 46.9 Å². The second kappa shape index (κ2) is 18.5. The predicted octanol–water partition coefficient (Wildman–Crippen LogP) is 9.05. The number of aldehydes is 1. The van der Waals surface area contributed by atoms with E-state index in [0.29, 0.717) is 5.57 Å². The summed E-state index contributed by atoms with van der Waals surface area (Å²) in [6, 6.07) is 2.45. The summed E-state index contributed by atoms with van der Waals surface area (Å²) < 4.78 is 53.7. The van der Waals surface area contributed by atoms with E-state index in [4.69, 9.17) is 22.7 Å². The van der Waals surface area contributed by atoms with Crippen LogP contribution in [-0.4, -0.2) is 17.0 Å². The van der Waals surface area contributed by atoms with Gasteiger partial charge in [0.25, 0.3) is 0 Å². The number of unbranched alkanes of at least 4 members (excludes halogenated alkanes) is 5. The fourth-order valence-corrected chi connectivity index (χ4v) is 4.49. The van der Waals surface area contributed by atoms with Gasteiger partial charge >= 0.3 is 6.18 Å². The number of alkyl halides is 3. The maximum absolute atomic E-state index is 14.0. The van der Waals surface area contributed by atoms with Crippen molar-refractivity contribution in [1.29, 1.82) is 0 Å². The van der Waals surface area contributed by atoms with E-state index in [9.17, 15) is 17.6 Å². The largest absolute Gasteiger partial charge is 0.416 e. The van der Waals surface area contributed by atoms with Crippen LogP contribution >= 0.6 is 24.0 Å². The summed E-state index contributed by atoms with van der Waals surface area (Å²) in [6.07, 6.45) is 9.48. The minimum atomic E-state index is -4.51. The Morgan fingerprint density at radius 2 is 1.60 bits per heavy atom. The van der Waals surface area contributed by atoms with Gasteiger partial charge in [0, 0.05) is 5.56 Å². The van der Waals surface area contributed by atoms with Crippen LogP contribution in [0, 0.1) is 5.82 Å². The minimum absolute atomic E-state index is 0.0526. The Kier molecular flexibility index (Phi) is 17.6. The van der Waals surface area contributed by atoms with E-state index >= 15 is 0 Å². The van der Waals surface area contributed by atoms with Crippen molar-refractivity contribution in [2.45, 2.75) is 78.8 Å². The molecule has 1 rings (SSSR count). The van der Waals surface area contributed by atoms with Gasteiger partial charge in [-0.15, -0.1) is 0 Å². The molecule has 0 aromatic heterocycles. The molecule has 196 valence electrons. The summed E-state index contributed by atoms with van der Waals surface area (Å²) in [5.41, 5.74) is 5.91. The van der Waals surface area contributed by atoms with Crippen LogP contribution in [0.1, 0.15) is 83.8 Å². The maximum Gasteiger partial charge on any atom is 0.416 e. The number of thioether (sulfide) groups is 1. The van der Waals surface area contributed by atoms with Gasteiger partial charge in [-0.25, -0.2) is 4.39 Å². The molecule has 0 bridgehead atoms. The number of benzene rings is 1. The Balaban J connectivity index is 0.00000365. The van der Waals surface area contributed by atoms with Crippen LogP contribution < -0.4 is 5.73 Å². The molecule has 0 aliphatic rings. The monoisotopic (exact) mass is 531 g/mol. The van der Waals surface area contributed by atoms with Crippen molar-refractivity contribution in [3.63, 3.8) is 0 Å². The standard InChI is InChI=1S/C25H33F4NS2.C2H4O/c1-18(16-20(3)32-24(31)10-8-6-4-5-7-9-15-30)11-12-19(2)22-17-21(25(27,28)29)13-14-23(22)26;1-2-3/h11-14,16-17H,4-10,15,30H2,1-3H3;2H,1H3/b18-11+,19-12+,20-16+;. The van der Waals surface area contributed by atoms with Gasteiger partial charge in [0.15, 0.2) is 0 Å². The molecule has 2 N–H and O–H groups in total. The quantitative estimate of drug-likeness (QED) is 0.0960. The summed E-state index contributed by atoms with van der Waals surface area (Å²) in [6.45, 7) is 7.67. The van der Waals surface area contributed by atoms with Gasteiger partial charge in [0.1, 0.15) is 12.1 Å². The molecule has 0 fully saturated rings. The lowest BCUT2D eigenvalue weighted by molar-refractivity contribution is -0.137. The van der Waals surface area contributed by atoms with Crippen LogP contribution in [0.2, 0.25) is 0 Å². The van der Waals surface area contributed by atoms with Crippen LogP contribution in [0.25, 0.3) is 5.57 Å². The Bertz CT molecular complexity index is 890. The molecule has 0 aliphatic heterocycles. The molecular formula is C27H37F4NOS2. The van der Waals surface area contributed by atoms with Crippen LogP contribution in [0.3, 0.4) is 0 Å². The minimum Gasteiger partial charge on any atom is -0.330 e. The average Bonchev–Trinajstić information content (AvgIpc) is 2.76. The molecule has 2 nitrogen and oxygen atoms in total. The zero-order valence-electron chi connectivity index (χ0n) is 21.0. The van der Waals surface area contributed by atoms with Crippen molar-refractivity contribution in [2.24, 2.45) is 5.73 Å². The SMILES string of the molecule is CC(=C\C=C(/C)c1cc(C(F)(F)F)ccc1F)/C=C(\C)SC(=S)CCCCCCCCN.CC=O. The number of allylic oxidation sites excluding steroid dienone is 6. The van der Waals surface area contributed by atoms with E-state index in [1.54, 1.807) is 30.8 Å². The van der Waals surface area contributed by atoms with E-state index in [1.807, 2.05) is 19.9 Å². The lowest BCUT2D eigenvalue weighted by Crippen LogP contribution is -2.06. The first kappa shape index (κ1) is 33.2. The molecule has 0 radical (unpaired) electrons. The Morgan fingerprint density at radius 3 is 2.17 bits per heavy atom. The van der Waals surface area contributed by atoms with Crippen molar-refractivity contribution in [3.05, 3.63) is 63.8 Å². The molecule has 0 saturated carbocycles. The van der Waals surface area contributed by atoms with Crippen LogP contribution in [0.4, 0.5) is 17.6 Å². The lowest BCUT2D eigenvalue weighted by Gasteiger charge is -2.10. The summed E-state index contributed by atoms with van der Waals surface area (Å²) in [5.74, 6) is -0.676. The van der Waals surface area contributed by atoms with Crippen LogP contribution in [0.5, 0.6) is 0 Å². The van der Waals surface area contributed by atoms with Crippen molar-refractivity contribution < 1.29 is 22.4 Å². The van der Waals surface area contributed by atoms with E-state index in [1.165, 1.54) is 32.6 Å². The average molecular weight is 532 g/mol. The van der Waals surface area contributed by atoms with E-state index < -0.39 is 17.6 Å². The number of hydrogen-bond donors (Lipinski definition) is 1. The molecule has 0 amide bonds. The second-order valence-electron chi connectivity index (χ2n) is 8.08. The first-order valence-electron chi connectivity index (χ1n) is 11.7. The van der Waals surface area contributed by atoms with E-state index in [-0.39, 0.29) is 5.56 Å². The number of nitrogens with two attached hydrogens (primary N) is 1. The summed E-state index contributed by atoms with van der Waals surface area (Å²) >= 11 is 7.04. The zero-order chi connectivity index (χ0) is 26.9.